The summed E-state index contributed by atoms with van der Waals surface area (Å²) in [7, 11) is 0. The third kappa shape index (κ3) is 2.83. The Morgan fingerprint density at radius 3 is 2.62 bits per heavy atom. The summed E-state index contributed by atoms with van der Waals surface area (Å²) < 4.78 is 5.91. The molecule has 0 fully saturated rings. The summed E-state index contributed by atoms with van der Waals surface area (Å²) in [5.74, 6) is 1.27. The van der Waals surface area contributed by atoms with Crippen molar-refractivity contribution in [2.75, 3.05) is 11.4 Å². The van der Waals surface area contributed by atoms with E-state index in [0.717, 1.165) is 16.8 Å². The molecule has 0 aliphatic carbocycles. The molecular weight excluding hydrogens is 369 g/mol. The molecule has 3 aromatic rings. The van der Waals surface area contributed by atoms with Gasteiger partial charge < -0.3 is 9.32 Å². The van der Waals surface area contributed by atoms with Crippen LogP contribution in [0.2, 0.25) is 10.0 Å². The van der Waals surface area contributed by atoms with Crippen molar-refractivity contribution >= 4 is 46.4 Å². The van der Waals surface area contributed by atoms with Crippen LogP contribution in [0.15, 0.2) is 59.0 Å². The topological polar surface area (TPSA) is 33.5 Å². The molecule has 0 bridgehead atoms. The molecule has 4 rings (SSSR count). The second kappa shape index (κ2) is 6.67. The Balaban J connectivity index is 1.72. The standard InChI is InChI=1S/C21H15Cl2NO2/c1-2-24-19-6-4-3-5-15(19)16(21(24)25)12-14-8-10-20(26-14)13-7-9-17(22)18(23)11-13/h3-12H,2H2,1H3. The van der Waals surface area contributed by atoms with Crippen LogP contribution in [0.4, 0.5) is 5.69 Å². The number of hydrogen-bond donors (Lipinski definition) is 0. The third-order valence-electron chi connectivity index (χ3n) is 4.39. The minimum atomic E-state index is -0.0128. The lowest BCUT2D eigenvalue weighted by Crippen LogP contribution is -2.25. The van der Waals surface area contributed by atoms with Crippen molar-refractivity contribution in [2.24, 2.45) is 0 Å². The molecule has 1 amide bonds. The van der Waals surface area contributed by atoms with Crippen molar-refractivity contribution in [1.29, 1.82) is 0 Å². The molecule has 2 heterocycles. The van der Waals surface area contributed by atoms with Crippen LogP contribution in [0.25, 0.3) is 23.0 Å². The zero-order valence-corrected chi connectivity index (χ0v) is 15.5. The number of anilines is 1. The highest BCUT2D eigenvalue weighted by Gasteiger charge is 2.31. The molecule has 2 aromatic carbocycles. The molecule has 0 radical (unpaired) electrons. The number of fused-ring (bicyclic) bond motifs is 1. The van der Waals surface area contributed by atoms with E-state index in [-0.39, 0.29) is 5.91 Å². The number of carbonyl (C=O) groups excluding carboxylic acids is 1. The van der Waals surface area contributed by atoms with Crippen molar-refractivity contribution < 1.29 is 9.21 Å². The van der Waals surface area contributed by atoms with E-state index in [2.05, 4.69) is 0 Å². The monoisotopic (exact) mass is 383 g/mol. The Kier molecular flexibility index (Phi) is 4.35. The van der Waals surface area contributed by atoms with Gasteiger partial charge in [-0.05, 0) is 49.4 Å². The molecule has 3 nitrogen and oxygen atoms in total. The molecule has 0 spiro atoms. The fourth-order valence-electron chi connectivity index (χ4n) is 3.14. The van der Waals surface area contributed by atoms with E-state index in [1.165, 1.54) is 0 Å². The van der Waals surface area contributed by atoms with E-state index in [4.69, 9.17) is 27.6 Å². The molecule has 130 valence electrons. The van der Waals surface area contributed by atoms with Gasteiger partial charge in [-0.3, -0.25) is 4.79 Å². The summed E-state index contributed by atoms with van der Waals surface area (Å²) in [5, 5.41) is 0.969. The zero-order chi connectivity index (χ0) is 18.3. The van der Waals surface area contributed by atoms with Crippen LogP contribution in [-0.2, 0) is 4.79 Å². The maximum atomic E-state index is 12.7. The first-order valence-electron chi connectivity index (χ1n) is 8.26. The zero-order valence-electron chi connectivity index (χ0n) is 14.0. The number of amides is 1. The molecule has 1 aromatic heterocycles. The van der Waals surface area contributed by atoms with Crippen LogP contribution >= 0.6 is 23.2 Å². The number of carbonyl (C=O) groups is 1. The molecule has 1 aliphatic heterocycles. The molecule has 26 heavy (non-hydrogen) atoms. The number of hydrogen-bond acceptors (Lipinski definition) is 2. The van der Waals surface area contributed by atoms with Gasteiger partial charge in [-0.2, -0.15) is 0 Å². The highest BCUT2D eigenvalue weighted by molar-refractivity contribution is 6.42. The fourth-order valence-corrected chi connectivity index (χ4v) is 3.44. The number of rotatable bonds is 3. The van der Waals surface area contributed by atoms with Gasteiger partial charge in [0.05, 0.1) is 21.3 Å². The lowest BCUT2D eigenvalue weighted by Gasteiger charge is -2.13. The minimum absolute atomic E-state index is 0.0128. The average molecular weight is 384 g/mol. The van der Waals surface area contributed by atoms with E-state index in [9.17, 15) is 4.79 Å². The van der Waals surface area contributed by atoms with Crippen molar-refractivity contribution in [2.45, 2.75) is 6.92 Å². The highest BCUT2D eigenvalue weighted by atomic mass is 35.5. The predicted molar refractivity (Wildman–Crippen MR) is 107 cm³/mol. The molecule has 0 saturated carbocycles. The molecule has 0 atom stereocenters. The van der Waals surface area contributed by atoms with Crippen LogP contribution in [0, 0.1) is 0 Å². The van der Waals surface area contributed by atoms with Gasteiger partial charge in [-0.25, -0.2) is 0 Å². The van der Waals surface area contributed by atoms with E-state index < -0.39 is 0 Å². The Hall–Kier alpha value is -2.49. The van der Waals surface area contributed by atoms with Crippen LogP contribution < -0.4 is 4.90 Å². The lowest BCUT2D eigenvalue weighted by molar-refractivity contribution is -0.112. The van der Waals surface area contributed by atoms with E-state index >= 15 is 0 Å². The summed E-state index contributed by atoms with van der Waals surface area (Å²) in [6, 6.07) is 16.8. The maximum absolute atomic E-state index is 12.7. The Bertz CT molecular complexity index is 1040. The number of para-hydroxylation sites is 1. The van der Waals surface area contributed by atoms with Crippen LogP contribution in [0.5, 0.6) is 0 Å². The minimum Gasteiger partial charge on any atom is -0.457 e. The molecular formula is C21H15Cl2NO2. The first-order chi connectivity index (χ1) is 12.6. The van der Waals surface area contributed by atoms with Gasteiger partial charge in [0.2, 0.25) is 0 Å². The molecule has 0 saturated heterocycles. The highest BCUT2D eigenvalue weighted by Crippen LogP contribution is 2.38. The number of furan rings is 1. The Morgan fingerprint density at radius 2 is 1.85 bits per heavy atom. The smallest absolute Gasteiger partial charge is 0.259 e. The third-order valence-corrected chi connectivity index (χ3v) is 5.13. The fraction of sp³-hybridized carbons (Fsp3) is 0.0952. The van der Waals surface area contributed by atoms with Gasteiger partial charge >= 0.3 is 0 Å². The van der Waals surface area contributed by atoms with E-state index in [0.29, 0.717) is 33.7 Å². The van der Waals surface area contributed by atoms with Gasteiger partial charge in [-0.15, -0.1) is 0 Å². The maximum Gasteiger partial charge on any atom is 0.259 e. The summed E-state index contributed by atoms with van der Waals surface area (Å²) in [6.07, 6.45) is 1.79. The lowest BCUT2D eigenvalue weighted by atomic mass is 10.1. The largest absolute Gasteiger partial charge is 0.457 e. The normalized spacial score (nSPS) is 15.0. The van der Waals surface area contributed by atoms with Gasteiger partial charge in [0.1, 0.15) is 11.5 Å². The number of benzene rings is 2. The first kappa shape index (κ1) is 17.0. The second-order valence-corrected chi connectivity index (χ2v) is 6.77. The van der Waals surface area contributed by atoms with Gasteiger partial charge in [0, 0.05) is 17.7 Å². The number of nitrogens with zero attached hydrogens (tertiary/aromatic N) is 1. The Labute approximate surface area is 161 Å². The average Bonchev–Trinajstić information content (AvgIpc) is 3.21. The number of halogens is 2. The van der Waals surface area contributed by atoms with Crippen LogP contribution in [-0.4, -0.2) is 12.5 Å². The molecule has 1 aliphatic rings. The molecule has 5 heteroatoms. The van der Waals surface area contributed by atoms with Crippen LogP contribution in [0.3, 0.4) is 0 Å². The molecule has 0 N–H and O–H groups in total. The Morgan fingerprint density at radius 1 is 1.04 bits per heavy atom. The van der Waals surface area contributed by atoms with Crippen molar-refractivity contribution in [3.05, 3.63) is 76.0 Å². The summed E-state index contributed by atoms with van der Waals surface area (Å²) in [5.41, 5.74) is 3.32. The summed E-state index contributed by atoms with van der Waals surface area (Å²) in [6.45, 7) is 2.59. The first-order valence-corrected chi connectivity index (χ1v) is 9.02. The molecule has 0 unspecified atom stereocenters. The van der Waals surface area contributed by atoms with Gasteiger partial charge in [-0.1, -0.05) is 41.4 Å². The van der Waals surface area contributed by atoms with E-state index in [1.54, 1.807) is 23.1 Å². The SMILES string of the molecule is CCN1C(=O)C(=Cc2ccc(-c3ccc(Cl)c(Cl)c3)o2)c2ccccc21. The summed E-state index contributed by atoms with van der Waals surface area (Å²) >= 11 is 12.0. The van der Waals surface area contributed by atoms with Crippen molar-refractivity contribution in [3.8, 4) is 11.3 Å². The predicted octanol–water partition coefficient (Wildman–Crippen LogP) is 6.16. The van der Waals surface area contributed by atoms with Gasteiger partial charge in [0.25, 0.3) is 5.91 Å². The van der Waals surface area contributed by atoms with Crippen LogP contribution in [0.1, 0.15) is 18.2 Å². The summed E-state index contributed by atoms with van der Waals surface area (Å²) in [4.78, 5) is 14.5. The second-order valence-electron chi connectivity index (χ2n) is 5.96. The number of likely N-dealkylation sites (N-methyl/N-ethyl adjacent to an activating group) is 1. The van der Waals surface area contributed by atoms with Crippen molar-refractivity contribution in [3.63, 3.8) is 0 Å². The quantitative estimate of drug-likeness (QED) is 0.507. The van der Waals surface area contributed by atoms with Crippen molar-refractivity contribution in [1.82, 2.24) is 0 Å². The van der Waals surface area contributed by atoms with E-state index in [1.807, 2.05) is 49.4 Å². The van der Waals surface area contributed by atoms with Gasteiger partial charge in [0.15, 0.2) is 0 Å².